The van der Waals surface area contributed by atoms with Crippen LogP contribution >= 0.6 is 0 Å². The van der Waals surface area contributed by atoms with Gasteiger partial charge in [-0.1, -0.05) is 19.9 Å². The van der Waals surface area contributed by atoms with Crippen LogP contribution in [0.15, 0.2) is 18.2 Å². The monoisotopic (exact) mass is 276 g/mol. The van der Waals surface area contributed by atoms with Crippen LogP contribution in [0.25, 0.3) is 0 Å². The fourth-order valence-electron chi connectivity index (χ4n) is 1.71. The van der Waals surface area contributed by atoms with Crippen LogP contribution in [-0.4, -0.2) is 24.9 Å². The Morgan fingerprint density at radius 2 is 1.80 bits per heavy atom. The SMILES string of the molecule is Cc1ccc(C(=O)NCC(=O)NCCC(C)C)cc1C. The Kier molecular flexibility index (Phi) is 6.22. The van der Waals surface area contributed by atoms with Gasteiger partial charge in [0.05, 0.1) is 6.54 Å². The van der Waals surface area contributed by atoms with Gasteiger partial charge in [0.2, 0.25) is 5.91 Å². The number of hydrogen-bond acceptors (Lipinski definition) is 2. The van der Waals surface area contributed by atoms with Gasteiger partial charge in [0.1, 0.15) is 0 Å². The summed E-state index contributed by atoms with van der Waals surface area (Å²) in [6, 6.07) is 5.52. The van der Waals surface area contributed by atoms with Gasteiger partial charge in [-0.2, -0.15) is 0 Å². The number of benzene rings is 1. The van der Waals surface area contributed by atoms with E-state index in [0.29, 0.717) is 18.0 Å². The van der Waals surface area contributed by atoms with Crippen molar-refractivity contribution in [2.45, 2.75) is 34.1 Å². The van der Waals surface area contributed by atoms with Crippen LogP contribution < -0.4 is 10.6 Å². The third-order valence-corrected chi connectivity index (χ3v) is 3.22. The first-order valence-corrected chi connectivity index (χ1v) is 7.02. The van der Waals surface area contributed by atoms with Crippen molar-refractivity contribution >= 4 is 11.8 Å². The molecule has 0 atom stereocenters. The third kappa shape index (κ3) is 5.43. The molecule has 0 fully saturated rings. The number of rotatable bonds is 6. The Bertz CT molecular complexity index is 481. The lowest BCUT2D eigenvalue weighted by Gasteiger charge is -2.09. The van der Waals surface area contributed by atoms with Crippen molar-refractivity contribution < 1.29 is 9.59 Å². The average molecular weight is 276 g/mol. The second-order valence-electron chi connectivity index (χ2n) is 5.51. The summed E-state index contributed by atoms with van der Waals surface area (Å²) in [4.78, 5) is 23.5. The van der Waals surface area contributed by atoms with Crippen LogP contribution in [0.2, 0.25) is 0 Å². The lowest BCUT2D eigenvalue weighted by molar-refractivity contribution is -0.120. The van der Waals surface area contributed by atoms with E-state index in [9.17, 15) is 9.59 Å². The lowest BCUT2D eigenvalue weighted by atomic mass is 10.1. The summed E-state index contributed by atoms with van der Waals surface area (Å²) >= 11 is 0. The van der Waals surface area contributed by atoms with Crippen LogP contribution in [0.5, 0.6) is 0 Å². The highest BCUT2D eigenvalue weighted by atomic mass is 16.2. The van der Waals surface area contributed by atoms with Crippen molar-refractivity contribution in [1.82, 2.24) is 10.6 Å². The summed E-state index contributed by atoms with van der Waals surface area (Å²) in [5.41, 5.74) is 2.80. The topological polar surface area (TPSA) is 58.2 Å². The summed E-state index contributed by atoms with van der Waals surface area (Å²) in [6.07, 6.45) is 0.941. The molecule has 0 heterocycles. The molecule has 2 N–H and O–H groups in total. The van der Waals surface area contributed by atoms with Gasteiger partial charge in [-0.25, -0.2) is 0 Å². The molecule has 0 saturated carbocycles. The van der Waals surface area contributed by atoms with Gasteiger partial charge in [0, 0.05) is 12.1 Å². The molecule has 0 aliphatic heterocycles. The largest absolute Gasteiger partial charge is 0.355 e. The molecule has 0 radical (unpaired) electrons. The van der Waals surface area contributed by atoms with Gasteiger partial charge in [-0.3, -0.25) is 9.59 Å². The highest BCUT2D eigenvalue weighted by molar-refractivity contribution is 5.96. The van der Waals surface area contributed by atoms with E-state index in [4.69, 9.17) is 0 Å². The maximum Gasteiger partial charge on any atom is 0.251 e. The molecule has 0 saturated heterocycles. The second kappa shape index (κ2) is 7.68. The zero-order valence-electron chi connectivity index (χ0n) is 12.7. The molecule has 1 rings (SSSR count). The number of aryl methyl sites for hydroxylation is 2. The molecule has 20 heavy (non-hydrogen) atoms. The van der Waals surface area contributed by atoms with E-state index in [1.54, 1.807) is 6.07 Å². The predicted molar refractivity (Wildman–Crippen MR) is 80.7 cm³/mol. The van der Waals surface area contributed by atoms with Gasteiger partial charge in [0.15, 0.2) is 0 Å². The summed E-state index contributed by atoms with van der Waals surface area (Å²) in [5, 5.41) is 5.42. The number of carbonyl (C=O) groups excluding carboxylic acids is 2. The highest BCUT2D eigenvalue weighted by Crippen LogP contribution is 2.09. The first-order chi connectivity index (χ1) is 9.40. The van der Waals surface area contributed by atoms with Gasteiger partial charge in [0.25, 0.3) is 5.91 Å². The van der Waals surface area contributed by atoms with Gasteiger partial charge in [-0.15, -0.1) is 0 Å². The van der Waals surface area contributed by atoms with E-state index in [0.717, 1.165) is 17.5 Å². The van der Waals surface area contributed by atoms with E-state index >= 15 is 0 Å². The first kappa shape index (κ1) is 16.2. The minimum atomic E-state index is -0.216. The Labute approximate surface area is 121 Å². The zero-order valence-corrected chi connectivity index (χ0v) is 12.7. The zero-order chi connectivity index (χ0) is 15.1. The molecular weight excluding hydrogens is 252 g/mol. The van der Waals surface area contributed by atoms with Crippen molar-refractivity contribution in [3.05, 3.63) is 34.9 Å². The molecule has 1 aromatic carbocycles. The van der Waals surface area contributed by atoms with Crippen molar-refractivity contribution in [2.24, 2.45) is 5.92 Å². The molecule has 110 valence electrons. The van der Waals surface area contributed by atoms with Crippen LogP contribution in [0, 0.1) is 19.8 Å². The molecule has 1 aromatic rings. The quantitative estimate of drug-likeness (QED) is 0.837. The maximum absolute atomic E-state index is 11.9. The Morgan fingerprint density at radius 3 is 2.40 bits per heavy atom. The molecule has 2 amide bonds. The molecule has 0 bridgehead atoms. The molecule has 0 spiro atoms. The van der Waals surface area contributed by atoms with Gasteiger partial charge >= 0.3 is 0 Å². The summed E-state index contributed by atoms with van der Waals surface area (Å²) in [5.74, 6) is 0.190. The molecule has 4 heteroatoms. The van der Waals surface area contributed by atoms with E-state index in [1.165, 1.54) is 0 Å². The molecule has 0 unspecified atom stereocenters. The minimum absolute atomic E-state index is 0.0177. The number of nitrogens with one attached hydrogen (secondary N) is 2. The average Bonchev–Trinajstić information content (AvgIpc) is 2.38. The number of carbonyl (C=O) groups is 2. The van der Waals surface area contributed by atoms with Crippen molar-refractivity contribution in [2.75, 3.05) is 13.1 Å². The van der Waals surface area contributed by atoms with Crippen molar-refractivity contribution in [3.8, 4) is 0 Å². The summed E-state index contributed by atoms with van der Waals surface area (Å²) in [7, 11) is 0. The standard InChI is InChI=1S/C16H24N2O2/c1-11(2)7-8-17-15(19)10-18-16(20)14-6-5-12(3)13(4)9-14/h5-6,9,11H,7-8,10H2,1-4H3,(H,17,19)(H,18,20). The maximum atomic E-state index is 11.9. The van der Waals surface area contributed by atoms with E-state index in [1.807, 2.05) is 26.0 Å². The lowest BCUT2D eigenvalue weighted by Crippen LogP contribution is -2.37. The normalized spacial score (nSPS) is 10.4. The number of amides is 2. The van der Waals surface area contributed by atoms with Crippen LogP contribution in [-0.2, 0) is 4.79 Å². The van der Waals surface area contributed by atoms with Gasteiger partial charge in [-0.05, 0) is 49.4 Å². The number of hydrogen-bond donors (Lipinski definition) is 2. The smallest absolute Gasteiger partial charge is 0.251 e. The predicted octanol–water partition coefficient (Wildman–Crippen LogP) is 2.20. The summed E-state index contributed by atoms with van der Waals surface area (Å²) in [6.45, 7) is 8.84. The first-order valence-electron chi connectivity index (χ1n) is 7.02. The molecule has 0 aliphatic carbocycles. The Hall–Kier alpha value is -1.84. The Balaban J connectivity index is 2.39. The van der Waals surface area contributed by atoms with E-state index in [2.05, 4.69) is 24.5 Å². The van der Waals surface area contributed by atoms with Crippen LogP contribution in [0.4, 0.5) is 0 Å². The van der Waals surface area contributed by atoms with Crippen LogP contribution in [0.3, 0.4) is 0 Å². The van der Waals surface area contributed by atoms with Gasteiger partial charge < -0.3 is 10.6 Å². The fourth-order valence-corrected chi connectivity index (χ4v) is 1.71. The highest BCUT2D eigenvalue weighted by Gasteiger charge is 2.08. The van der Waals surface area contributed by atoms with Crippen molar-refractivity contribution in [3.63, 3.8) is 0 Å². The van der Waals surface area contributed by atoms with E-state index in [-0.39, 0.29) is 18.4 Å². The third-order valence-electron chi connectivity index (χ3n) is 3.22. The van der Waals surface area contributed by atoms with E-state index < -0.39 is 0 Å². The molecule has 4 nitrogen and oxygen atoms in total. The van der Waals surface area contributed by atoms with Crippen molar-refractivity contribution in [1.29, 1.82) is 0 Å². The minimum Gasteiger partial charge on any atom is -0.355 e. The molecule has 0 aliphatic rings. The fraction of sp³-hybridized carbons (Fsp3) is 0.500. The summed E-state index contributed by atoms with van der Waals surface area (Å²) < 4.78 is 0. The Morgan fingerprint density at radius 1 is 1.10 bits per heavy atom. The molecular formula is C16H24N2O2. The molecule has 0 aromatic heterocycles. The second-order valence-corrected chi connectivity index (χ2v) is 5.51. The van der Waals surface area contributed by atoms with Crippen LogP contribution in [0.1, 0.15) is 41.8 Å².